The first-order chi connectivity index (χ1) is 11.1. The SMILES string of the molecule is COc1cc2ncc(C(N)=O)c(N[C]3=CC=[CH][In]3)c2cc1OC. The number of nitrogens with two attached hydrogens (primary N) is 1. The summed E-state index contributed by atoms with van der Waals surface area (Å²) in [6.45, 7) is 0. The van der Waals surface area contributed by atoms with Crippen LogP contribution in [-0.2, 0) is 0 Å². The summed E-state index contributed by atoms with van der Waals surface area (Å²) in [5, 5.41) is 4.14. The molecule has 1 radical (unpaired) electrons. The third-order valence-electron chi connectivity index (χ3n) is 3.57. The molecule has 0 aliphatic carbocycles. The molecular weight excluding hydrogens is 397 g/mol. The standard InChI is InChI=1S/C16H15N3O3.In/c1-4-5-6-18-15-10-7-13(21-2)14(22-3)8-12(10)19-9-11(15)16(17)20;/h1,4-5,7-9H,2-3H3,(H2,17,20)(H,18,19);. The number of rotatable bonds is 5. The minimum atomic E-state index is -0.941. The number of carbonyl (C=O) groups excluding carboxylic acids is 1. The molecule has 3 N–H and O–H groups in total. The summed E-state index contributed by atoms with van der Waals surface area (Å²) in [6.07, 6.45) is 5.58. The van der Waals surface area contributed by atoms with Crippen molar-refractivity contribution in [3.05, 3.63) is 43.3 Å². The Hall–Kier alpha value is -2.15. The van der Waals surface area contributed by atoms with Crippen molar-refractivity contribution in [3.63, 3.8) is 0 Å². The van der Waals surface area contributed by atoms with Gasteiger partial charge in [0.25, 0.3) is 0 Å². The average Bonchev–Trinajstić information content (AvgIpc) is 3.06. The Morgan fingerprint density at radius 1 is 1.26 bits per heavy atom. The number of amides is 1. The number of ether oxygens (including phenoxy) is 2. The number of pyridine rings is 1. The van der Waals surface area contributed by atoms with E-state index in [4.69, 9.17) is 15.2 Å². The third-order valence-corrected chi connectivity index (χ3v) is 6.74. The number of anilines is 1. The topological polar surface area (TPSA) is 86.5 Å². The van der Waals surface area contributed by atoms with Crippen molar-refractivity contribution in [3.8, 4) is 11.5 Å². The Labute approximate surface area is 144 Å². The van der Waals surface area contributed by atoms with Crippen LogP contribution in [0.15, 0.2) is 37.8 Å². The van der Waals surface area contributed by atoms with Gasteiger partial charge in [0.1, 0.15) is 0 Å². The fourth-order valence-electron chi connectivity index (χ4n) is 2.44. The van der Waals surface area contributed by atoms with E-state index in [0.29, 0.717) is 28.3 Å². The van der Waals surface area contributed by atoms with E-state index >= 15 is 0 Å². The van der Waals surface area contributed by atoms with Crippen molar-refractivity contribution >= 4 is 45.4 Å². The van der Waals surface area contributed by atoms with E-state index < -0.39 is 28.8 Å². The molecule has 115 valence electrons. The number of hydrogen-bond acceptors (Lipinski definition) is 5. The summed E-state index contributed by atoms with van der Waals surface area (Å²) in [4.78, 5) is 16.1. The molecule has 0 bridgehead atoms. The van der Waals surface area contributed by atoms with Crippen molar-refractivity contribution < 1.29 is 14.3 Å². The minimum absolute atomic E-state index is 0.361. The number of carbonyl (C=O) groups is 1. The molecule has 0 saturated carbocycles. The van der Waals surface area contributed by atoms with Crippen molar-refractivity contribution in [1.82, 2.24) is 4.98 Å². The van der Waals surface area contributed by atoms with Crippen molar-refractivity contribution in [2.24, 2.45) is 5.73 Å². The first kappa shape index (κ1) is 15.7. The number of hydrogen-bond donors (Lipinski definition) is 2. The average molecular weight is 412 g/mol. The summed E-state index contributed by atoms with van der Waals surface area (Å²) >= 11 is -0.941. The van der Waals surface area contributed by atoms with Crippen LogP contribution < -0.4 is 20.5 Å². The Balaban J connectivity index is 2.22. The van der Waals surface area contributed by atoms with Gasteiger partial charge in [-0.2, -0.15) is 0 Å². The van der Waals surface area contributed by atoms with Gasteiger partial charge in [0.2, 0.25) is 0 Å². The van der Waals surface area contributed by atoms with Gasteiger partial charge in [-0.3, -0.25) is 0 Å². The van der Waals surface area contributed by atoms with Crippen LogP contribution >= 0.6 is 0 Å². The molecule has 0 fully saturated rings. The van der Waals surface area contributed by atoms with Crippen LogP contribution in [0.4, 0.5) is 5.69 Å². The Morgan fingerprint density at radius 2 is 2.00 bits per heavy atom. The van der Waals surface area contributed by atoms with E-state index in [1.165, 1.54) is 9.65 Å². The number of benzene rings is 1. The fraction of sp³-hybridized carbons (Fsp3) is 0.125. The second-order valence-corrected chi connectivity index (χ2v) is 8.76. The molecule has 2 heterocycles. The number of methoxy groups -OCH3 is 2. The van der Waals surface area contributed by atoms with E-state index in [0.717, 1.165) is 5.39 Å². The summed E-state index contributed by atoms with van der Waals surface area (Å²) in [6, 6.07) is 3.60. The van der Waals surface area contributed by atoms with Crippen LogP contribution in [0.1, 0.15) is 10.4 Å². The third kappa shape index (κ3) is 3.01. The van der Waals surface area contributed by atoms with Crippen molar-refractivity contribution in [1.29, 1.82) is 0 Å². The van der Waals surface area contributed by atoms with E-state index in [1.54, 1.807) is 20.3 Å². The predicted octanol–water partition coefficient (Wildman–Crippen LogP) is 1.84. The first-order valence-corrected chi connectivity index (χ1v) is 10.5. The normalized spacial score (nSPS) is 12.7. The molecule has 23 heavy (non-hydrogen) atoms. The Bertz CT molecular complexity index is 846. The second kappa shape index (κ2) is 6.54. The fourth-order valence-corrected chi connectivity index (χ4v) is 4.95. The molecule has 1 aliphatic heterocycles. The van der Waals surface area contributed by atoms with E-state index in [2.05, 4.69) is 14.1 Å². The van der Waals surface area contributed by atoms with E-state index in [1.807, 2.05) is 18.2 Å². The number of aromatic nitrogens is 1. The van der Waals surface area contributed by atoms with Crippen molar-refractivity contribution in [2.45, 2.75) is 0 Å². The summed E-state index contributed by atoms with van der Waals surface area (Å²) in [5.41, 5.74) is 7.25. The van der Waals surface area contributed by atoms with Gasteiger partial charge in [-0.15, -0.1) is 0 Å². The van der Waals surface area contributed by atoms with Gasteiger partial charge in [-0.25, -0.2) is 0 Å². The second-order valence-electron chi connectivity index (χ2n) is 4.93. The van der Waals surface area contributed by atoms with Crippen LogP contribution in [0.2, 0.25) is 0 Å². The zero-order chi connectivity index (χ0) is 16.4. The molecule has 0 spiro atoms. The van der Waals surface area contributed by atoms with Gasteiger partial charge in [0, 0.05) is 0 Å². The number of fused-ring (bicyclic) bond motifs is 1. The van der Waals surface area contributed by atoms with Crippen LogP contribution in [0, 0.1) is 0 Å². The molecule has 2 aromatic rings. The molecule has 0 atom stereocenters. The molecule has 1 aromatic heterocycles. The number of allylic oxidation sites excluding steroid dienone is 2. The first-order valence-electron chi connectivity index (χ1n) is 6.97. The van der Waals surface area contributed by atoms with E-state index in [-0.39, 0.29) is 0 Å². The van der Waals surface area contributed by atoms with Gasteiger partial charge in [-0.1, -0.05) is 0 Å². The molecule has 6 nitrogen and oxygen atoms in total. The monoisotopic (exact) mass is 412 g/mol. The zero-order valence-electron chi connectivity index (χ0n) is 12.8. The van der Waals surface area contributed by atoms with Crippen molar-refractivity contribution in [2.75, 3.05) is 19.5 Å². The van der Waals surface area contributed by atoms with Gasteiger partial charge in [0.05, 0.1) is 0 Å². The molecule has 7 heteroatoms. The summed E-state index contributed by atoms with van der Waals surface area (Å²) < 4.78 is 14.1. The van der Waals surface area contributed by atoms with Gasteiger partial charge >= 0.3 is 145 Å². The van der Waals surface area contributed by atoms with Crippen LogP contribution in [0.25, 0.3) is 10.9 Å². The van der Waals surface area contributed by atoms with Crippen LogP contribution in [0.3, 0.4) is 0 Å². The van der Waals surface area contributed by atoms with Crippen LogP contribution in [0.5, 0.6) is 11.5 Å². The summed E-state index contributed by atoms with van der Waals surface area (Å²) in [7, 11) is 3.14. The molecule has 0 saturated heterocycles. The molecule has 1 amide bonds. The van der Waals surface area contributed by atoms with Gasteiger partial charge < -0.3 is 0 Å². The van der Waals surface area contributed by atoms with E-state index in [9.17, 15) is 4.79 Å². The molecule has 1 aromatic carbocycles. The maximum absolute atomic E-state index is 11.8. The molecular formula is C16H15InN3O3. The Kier molecular flexibility index (Phi) is 4.47. The number of nitrogens with one attached hydrogen (secondary N) is 1. The maximum atomic E-state index is 11.8. The van der Waals surface area contributed by atoms with Gasteiger partial charge in [-0.05, 0) is 0 Å². The molecule has 3 rings (SSSR count). The Morgan fingerprint density at radius 3 is 2.61 bits per heavy atom. The van der Waals surface area contributed by atoms with Gasteiger partial charge in [0.15, 0.2) is 0 Å². The number of primary amides is 1. The zero-order valence-corrected chi connectivity index (χ0v) is 16.1. The van der Waals surface area contributed by atoms with Crippen LogP contribution in [-0.4, -0.2) is 48.0 Å². The molecule has 0 unspecified atom stereocenters. The quantitative estimate of drug-likeness (QED) is 0.783. The number of nitrogens with zero attached hydrogens (tertiary/aromatic N) is 1. The molecule has 1 aliphatic rings. The summed E-state index contributed by atoms with van der Waals surface area (Å²) in [5.74, 6) is 0.646. The predicted molar refractivity (Wildman–Crippen MR) is 90.0 cm³/mol.